The molecular weight excluding hydrogens is 963 g/mol. The third kappa shape index (κ3) is 5.83. The minimum Gasteiger partial charge on any atom is -0.456 e. The number of hydrogen-bond donors (Lipinski definition) is 0. The predicted molar refractivity (Wildman–Crippen MR) is 327 cm³/mol. The maximum absolute atomic E-state index is 7.04. The molecule has 0 fully saturated rings. The monoisotopic (exact) mass is 1020 g/mol. The van der Waals surface area contributed by atoms with Crippen molar-refractivity contribution < 1.29 is 13.3 Å². The van der Waals surface area contributed by atoms with Crippen LogP contribution in [0.25, 0.3) is 121 Å². The molecule has 11 aromatic carbocycles. The lowest BCUT2D eigenvalue weighted by Crippen LogP contribution is -2.24. The van der Waals surface area contributed by atoms with Gasteiger partial charge in [0.1, 0.15) is 33.5 Å². The fraction of sp³-hybridized carbons (Fsp3) is 0.120. The maximum atomic E-state index is 7.04. The first-order chi connectivity index (χ1) is 38.5. The Morgan fingerprint density at radius 3 is 1.48 bits per heavy atom. The quantitative estimate of drug-likeness (QED) is 0.172. The molecule has 4 heteroatoms. The van der Waals surface area contributed by atoms with E-state index >= 15 is 0 Å². The Morgan fingerprint density at radius 2 is 0.772 bits per heavy atom. The lowest BCUT2D eigenvalue weighted by Gasteiger charge is -2.32. The first-order valence-corrected chi connectivity index (χ1v) is 27.7. The Kier molecular flexibility index (Phi) is 8.73. The SMILES string of the molecule is CC1(C)c2cc(N(c3ccc4c(c3)C(C)(C)c3c5c(c6oc7ccccc7c6c3-4)-c3ccccc3C5(C)C)c3ccc4c(c3)oc3ccccc34)ccc2-c2c1cc(-c1ccccc1-c1ccccc1)c1oc3ccccc3c21. The van der Waals surface area contributed by atoms with Crippen LogP contribution in [0.1, 0.15) is 74.9 Å². The molecule has 3 aromatic heterocycles. The van der Waals surface area contributed by atoms with Gasteiger partial charge in [0.15, 0.2) is 0 Å². The summed E-state index contributed by atoms with van der Waals surface area (Å²) < 4.78 is 20.7. The van der Waals surface area contributed by atoms with Gasteiger partial charge in [0.2, 0.25) is 0 Å². The van der Waals surface area contributed by atoms with Gasteiger partial charge in [-0.15, -0.1) is 0 Å². The molecule has 3 aliphatic rings. The molecular formula is C75H53NO3. The van der Waals surface area contributed by atoms with Gasteiger partial charge in [-0.1, -0.05) is 187 Å². The summed E-state index contributed by atoms with van der Waals surface area (Å²) in [5.74, 6) is 0. The highest BCUT2D eigenvalue weighted by Crippen LogP contribution is 2.64. The van der Waals surface area contributed by atoms with Crippen molar-refractivity contribution in [2.24, 2.45) is 0 Å². The zero-order chi connectivity index (χ0) is 52.8. The largest absolute Gasteiger partial charge is 0.456 e. The fourth-order valence-electron chi connectivity index (χ4n) is 15.0. The van der Waals surface area contributed by atoms with Crippen molar-refractivity contribution in [1.29, 1.82) is 0 Å². The summed E-state index contributed by atoms with van der Waals surface area (Å²) in [5, 5.41) is 6.86. The molecule has 17 rings (SSSR count). The van der Waals surface area contributed by atoms with Crippen molar-refractivity contribution in [1.82, 2.24) is 0 Å². The predicted octanol–water partition coefficient (Wildman–Crippen LogP) is 21.1. The Balaban J connectivity index is 0.893. The summed E-state index contributed by atoms with van der Waals surface area (Å²) in [6, 6.07) is 77.6. The van der Waals surface area contributed by atoms with Crippen LogP contribution in [0.4, 0.5) is 17.1 Å². The number of benzene rings is 11. The molecule has 3 heterocycles. The zero-order valence-electron chi connectivity index (χ0n) is 44.9. The van der Waals surface area contributed by atoms with E-state index in [2.05, 4.69) is 253 Å². The molecule has 4 nitrogen and oxygen atoms in total. The molecule has 376 valence electrons. The van der Waals surface area contributed by atoms with E-state index in [1.54, 1.807) is 0 Å². The van der Waals surface area contributed by atoms with Gasteiger partial charge in [0.05, 0.1) is 0 Å². The highest BCUT2D eigenvalue weighted by atomic mass is 16.3. The number of fused-ring (bicyclic) bond motifs is 22. The second-order valence-electron chi connectivity index (χ2n) is 23.9. The van der Waals surface area contributed by atoms with Crippen LogP contribution in [0, 0.1) is 0 Å². The van der Waals surface area contributed by atoms with Gasteiger partial charge in [-0.05, 0) is 139 Å². The number of furan rings is 3. The number of anilines is 3. The van der Waals surface area contributed by atoms with Gasteiger partial charge in [-0.3, -0.25) is 0 Å². The third-order valence-corrected chi connectivity index (χ3v) is 18.6. The van der Waals surface area contributed by atoms with E-state index in [-0.39, 0.29) is 16.2 Å². The number of rotatable bonds is 5. The summed E-state index contributed by atoms with van der Waals surface area (Å²) >= 11 is 0. The topological polar surface area (TPSA) is 42.7 Å². The standard InChI is InChI=1S/C75H53NO3/c1-73(2)57-38-43(33-36-51(57)64-59(73)41-55(71-66(64)53-26-14-18-30-61(53)78-71)47-23-11-10-22-46(47)42-20-8-7-9-21-42)76(45-32-35-49-48-24-13-17-29-60(48)77-63(49)40-45)44-34-37-52-58(39-44)75(5,6)69-65(52)67-54-27-15-19-31-62(54)79-72(67)68-50-25-12-16-28-56(50)74(3,4)70(68)69/h7-41H,1-6H3. The summed E-state index contributed by atoms with van der Waals surface area (Å²) in [6.07, 6.45) is 0. The van der Waals surface area contributed by atoms with Gasteiger partial charge in [0.25, 0.3) is 0 Å². The first kappa shape index (κ1) is 44.7. The van der Waals surface area contributed by atoms with Crippen molar-refractivity contribution in [2.75, 3.05) is 4.90 Å². The van der Waals surface area contributed by atoms with E-state index in [1.165, 1.54) is 83.3 Å². The van der Waals surface area contributed by atoms with Crippen molar-refractivity contribution in [3.05, 3.63) is 246 Å². The molecule has 0 N–H and O–H groups in total. The molecule has 0 spiro atoms. The van der Waals surface area contributed by atoms with Crippen molar-refractivity contribution in [3.8, 4) is 55.6 Å². The average molecular weight is 1020 g/mol. The zero-order valence-corrected chi connectivity index (χ0v) is 44.9. The average Bonchev–Trinajstić information content (AvgIpc) is 2.99. The minimum atomic E-state index is -0.386. The van der Waals surface area contributed by atoms with E-state index in [9.17, 15) is 0 Å². The molecule has 0 saturated carbocycles. The summed E-state index contributed by atoms with van der Waals surface area (Å²) in [4.78, 5) is 2.46. The van der Waals surface area contributed by atoms with Crippen LogP contribution in [0.15, 0.2) is 226 Å². The second-order valence-corrected chi connectivity index (χ2v) is 23.9. The number of hydrogen-bond acceptors (Lipinski definition) is 4. The van der Waals surface area contributed by atoms with Crippen molar-refractivity contribution >= 4 is 82.9 Å². The molecule has 14 aromatic rings. The van der Waals surface area contributed by atoms with Crippen molar-refractivity contribution in [2.45, 2.75) is 57.8 Å². The van der Waals surface area contributed by atoms with E-state index < -0.39 is 0 Å². The number of para-hydroxylation sites is 3. The molecule has 79 heavy (non-hydrogen) atoms. The first-order valence-electron chi connectivity index (χ1n) is 27.7. The van der Waals surface area contributed by atoms with Crippen LogP contribution in [0.5, 0.6) is 0 Å². The number of nitrogens with zero attached hydrogens (tertiary/aromatic N) is 1. The van der Waals surface area contributed by atoms with Gasteiger partial charge in [-0.2, -0.15) is 0 Å². The highest BCUT2D eigenvalue weighted by Gasteiger charge is 2.49. The van der Waals surface area contributed by atoms with Crippen LogP contribution in [0.2, 0.25) is 0 Å². The van der Waals surface area contributed by atoms with Crippen LogP contribution in [-0.2, 0) is 16.2 Å². The fourth-order valence-corrected chi connectivity index (χ4v) is 15.0. The van der Waals surface area contributed by atoms with Crippen LogP contribution in [0.3, 0.4) is 0 Å². The van der Waals surface area contributed by atoms with Gasteiger partial charge >= 0.3 is 0 Å². The smallest absolute Gasteiger partial charge is 0.144 e. The second kappa shape index (κ2) is 15.4. The summed E-state index contributed by atoms with van der Waals surface area (Å²) in [7, 11) is 0. The lowest BCUT2D eigenvalue weighted by molar-refractivity contribution is 0.600. The van der Waals surface area contributed by atoms with Crippen LogP contribution < -0.4 is 4.90 Å². The Morgan fingerprint density at radius 1 is 0.291 bits per heavy atom. The Bertz CT molecular complexity index is 5000. The van der Waals surface area contributed by atoms with Gasteiger partial charge < -0.3 is 18.2 Å². The van der Waals surface area contributed by atoms with Gasteiger partial charge in [0, 0.05) is 82.8 Å². The summed E-state index contributed by atoms with van der Waals surface area (Å²) in [5.41, 5.74) is 27.7. The third-order valence-electron chi connectivity index (χ3n) is 18.6. The molecule has 0 amide bonds. The summed E-state index contributed by atoms with van der Waals surface area (Å²) in [6.45, 7) is 14.5. The molecule has 0 aliphatic heterocycles. The molecule has 0 radical (unpaired) electrons. The van der Waals surface area contributed by atoms with E-state index in [0.29, 0.717) is 0 Å². The molecule has 3 aliphatic carbocycles. The van der Waals surface area contributed by atoms with E-state index in [4.69, 9.17) is 13.3 Å². The normalized spacial score (nSPS) is 15.0. The van der Waals surface area contributed by atoms with Crippen molar-refractivity contribution in [3.63, 3.8) is 0 Å². The highest BCUT2D eigenvalue weighted by molar-refractivity contribution is 6.22. The van der Waals surface area contributed by atoms with Crippen LogP contribution in [-0.4, -0.2) is 0 Å². The lowest BCUT2D eigenvalue weighted by atomic mass is 9.72. The van der Waals surface area contributed by atoms with Gasteiger partial charge in [-0.25, -0.2) is 0 Å². The Hall–Kier alpha value is -9.38. The van der Waals surface area contributed by atoms with E-state index in [0.717, 1.165) is 88.6 Å². The minimum absolute atomic E-state index is 0.255. The Labute approximate surface area is 457 Å². The molecule has 0 unspecified atom stereocenters. The van der Waals surface area contributed by atoms with E-state index in [1.807, 2.05) is 6.07 Å². The maximum Gasteiger partial charge on any atom is 0.144 e. The molecule has 0 saturated heterocycles. The molecule has 0 bridgehead atoms. The molecule has 0 atom stereocenters. The van der Waals surface area contributed by atoms with Crippen LogP contribution >= 0.6 is 0 Å².